The minimum Gasteiger partial charge on any atom is -0.462 e. The van der Waals surface area contributed by atoms with Gasteiger partial charge in [-0.05, 0) is 43.4 Å². The van der Waals surface area contributed by atoms with E-state index in [1.54, 1.807) is 0 Å². The van der Waals surface area contributed by atoms with Crippen LogP contribution in [0.25, 0.3) is 0 Å². The van der Waals surface area contributed by atoms with Crippen molar-refractivity contribution in [3.05, 3.63) is 0 Å². The molecule has 0 spiro atoms. The highest BCUT2D eigenvalue weighted by atomic mass is 31.2. The number of rotatable bonds is 71. The van der Waals surface area contributed by atoms with Crippen molar-refractivity contribution in [1.82, 2.24) is 0 Å². The van der Waals surface area contributed by atoms with Gasteiger partial charge in [0.05, 0.1) is 26.4 Å². The number of unbranched alkanes of at least 4 members (excludes halogenated alkanes) is 36. The van der Waals surface area contributed by atoms with E-state index >= 15 is 0 Å². The summed E-state index contributed by atoms with van der Waals surface area (Å²) in [5.74, 6) is 0.251. The Labute approximate surface area is 562 Å². The van der Waals surface area contributed by atoms with Gasteiger partial charge in [0.25, 0.3) is 0 Å². The van der Waals surface area contributed by atoms with Gasteiger partial charge in [0.1, 0.15) is 19.3 Å². The summed E-state index contributed by atoms with van der Waals surface area (Å²) in [6, 6.07) is 0. The van der Waals surface area contributed by atoms with Gasteiger partial charge in [-0.2, -0.15) is 0 Å². The fourth-order valence-corrected chi connectivity index (χ4v) is 12.6. The summed E-state index contributed by atoms with van der Waals surface area (Å²) < 4.78 is 68.4. The van der Waals surface area contributed by atoms with Crippen molar-refractivity contribution in [3.63, 3.8) is 0 Å². The van der Waals surface area contributed by atoms with Crippen LogP contribution in [0.4, 0.5) is 0 Å². The second-order valence-corrected chi connectivity index (χ2v) is 30.0. The third-order valence-corrected chi connectivity index (χ3v) is 19.9. The van der Waals surface area contributed by atoms with Crippen molar-refractivity contribution in [2.24, 2.45) is 17.8 Å². The van der Waals surface area contributed by atoms with Crippen molar-refractivity contribution in [3.8, 4) is 0 Å². The van der Waals surface area contributed by atoms with Crippen LogP contribution in [0.3, 0.4) is 0 Å². The normalized spacial score (nSPS) is 15.0. The average Bonchev–Trinajstić information content (AvgIpc) is 1.49. The smallest absolute Gasteiger partial charge is 0.462 e. The van der Waals surface area contributed by atoms with E-state index in [0.29, 0.717) is 25.7 Å². The molecule has 0 aliphatic rings. The average molecular weight is 1350 g/mol. The Kier molecular flexibility index (Phi) is 62.4. The molecular weight excluding hydrogens is 1210 g/mol. The second kappa shape index (κ2) is 63.8. The first-order valence-corrected chi connectivity index (χ1v) is 41.0. The number of aliphatic hydroxyl groups excluding tert-OH is 1. The van der Waals surface area contributed by atoms with Crippen LogP contribution >= 0.6 is 15.6 Å². The van der Waals surface area contributed by atoms with E-state index < -0.39 is 97.5 Å². The van der Waals surface area contributed by atoms with Gasteiger partial charge in [-0.1, -0.05) is 318 Å². The molecule has 0 saturated carbocycles. The van der Waals surface area contributed by atoms with E-state index in [1.165, 1.54) is 180 Å². The van der Waals surface area contributed by atoms with E-state index in [1.807, 2.05) is 0 Å². The number of ether oxygens (including phenoxy) is 4. The fraction of sp³-hybridized carbons (Fsp3) is 0.945. The van der Waals surface area contributed by atoms with Crippen LogP contribution in [0.15, 0.2) is 0 Å². The molecule has 546 valence electrons. The van der Waals surface area contributed by atoms with E-state index in [2.05, 4.69) is 48.5 Å². The fourth-order valence-electron chi connectivity index (χ4n) is 11.0. The number of hydrogen-bond donors (Lipinski definition) is 3. The van der Waals surface area contributed by atoms with Crippen LogP contribution in [0.1, 0.15) is 370 Å². The highest BCUT2D eigenvalue weighted by Gasteiger charge is 2.30. The van der Waals surface area contributed by atoms with Crippen LogP contribution < -0.4 is 0 Å². The summed E-state index contributed by atoms with van der Waals surface area (Å²) in [7, 11) is -9.91. The first-order valence-electron chi connectivity index (χ1n) is 38.0. The van der Waals surface area contributed by atoms with Gasteiger partial charge < -0.3 is 33.8 Å². The molecule has 0 aromatic rings. The molecule has 3 N–H and O–H groups in total. The van der Waals surface area contributed by atoms with Crippen LogP contribution in [0, 0.1) is 17.8 Å². The molecule has 0 aliphatic heterocycles. The molecule has 0 bridgehead atoms. The predicted octanol–water partition coefficient (Wildman–Crippen LogP) is 21.0. The molecule has 0 aliphatic carbocycles. The molecule has 0 heterocycles. The zero-order chi connectivity index (χ0) is 68.0. The van der Waals surface area contributed by atoms with Crippen molar-refractivity contribution in [2.45, 2.75) is 388 Å². The van der Waals surface area contributed by atoms with Crippen LogP contribution in [-0.4, -0.2) is 96.7 Å². The van der Waals surface area contributed by atoms with Gasteiger partial charge in [0.15, 0.2) is 12.2 Å². The lowest BCUT2D eigenvalue weighted by molar-refractivity contribution is -0.161. The number of phosphoric ester groups is 2. The van der Waals surface area contributed by atoms with Gasteiger partial charge in [0, 0.05) is 25.7 Å². The Morgan fingerprint density at radius 2 is 0.522 bits per heavy atom. The maximum absolute atomic E-state index is 13.1. The summed E-state index contributed by atoms with van der Waals surface area (Å²) >= 11 is 0. The lowest BCUT2D eigenvalue weighted by Crippen LogP contribution is -2.30. The van der Waals surface area contributed by atoms with E-state index in [0.717, 1.165) is 108 Å². The molecule has 92 heavy (non-hydrogen) atoms. The first kappa shape index (κ1) is 90.1. The van der Waals surface area contributed by atoms with Crippen molar-refractivity contribution >= 4 is 39.5 Å². The van der Waals surface area contributed by atoms with Gasteiger partial charge in [-0.15, -0.1) is 0 Å². The van der Waals surface area contributed by atoms with Crippen LogP contribution in [-0.2, 0) is 65.4 Å². The topological polar surface area (TPSA) is 237 Å². The van der Waals surface area contributed by atoms with Gasteiger partial charge >= 0.3 is 39.5 Å². The highest BCUT2D eigenvalue weighted by molar-refractivity contribution is 7.47. The molecule has 0 rings (SSSR count). The quantitative estimate of drug-likeness (QED) is 0.0222. The zero-order valence-electron chi connectivity index (χ0n) is 60.0. The predicted molar refractivity (Wildman–Crippen MR) is 372 cm³/mol. The standard InChI is InChI=1S/C73H142O17P2/c1-8-12-13-14-15-16-27-32-40-47-54-70(75)84-61-69(90-73(78)57-50-43-36-35-39-46-53-66(7)11-4)63-88-92(81,82)86-59-67(74)58-85-91(79,80)87-62-68(60-83-71(76)55-48-41-33-28-24-23-26-31-38-45-52-65(6)10-3)89-72(77)56-49-42-34-29-22-20-18-17-19-21-25-30-37-44-51-64(5)9-2/h64-69,74H,8-63H2,1-7H3,(H,79,80)(H,81,82)/t64?,65?,66?,67-,68-,69-/m1/s1. The van der Waals surface area contributed by atoms with E-state index in [-0.39, 0.29) is 25.7 Å². The van der Waals surface area contributed by atoms with Crippen LogP contribution in [0.5, 0.6) is 0 Å². The third-order valence-electron chi connectivity index (χ3n) is 18.0. The maximum Gasteiger partial charge on any atom is 0.472 e. The number of hydrogen-bond acceptors (Lipinski definition) is 15. The molecule has 0 saturated heterocycles. The molecule has 0 amide bonds. The summed E-state index contributed by atoms with van der Waals surface area (Å²) in [5, 5.41) is 10.6. The molecule has 0 aromatic heterocycles. The van der Waals surface area contributed by atoms with Crippen molar-refractivity contribution in [2.75, 3.05) is 39.6 Å². The summed E-state index contributed by atoms with van der Waals surface area (Å²) in [5.41, 5.74) is 0. The van der Waals surface area contributed by atoms with Gasteiger partial charge in [-0.25, -0.2) is 9.13 Å². The lowest BCUT2D eigenvalue weighted by Gasteiger charge is -2.21. The molecule has 17 nitrogen and oxygen atoms in total. The monoisotopic (exact) mass is 1350 g/mol. The molecule has 0 fully saturated rings. The summed E-state index contributed by atoms with van der Waals surface area (Å²) in [6.07, 6.45) is 48.4. The molecule has 0 aromatic carbocycles. The number of carbonyl (C=O) groups is 4. The maximum atomic E-state index is 13.1. The molecule has 0 radical (unpaired) electrons. The van der Waals surface area contributed by atoms with E-state index in [9.17, 15) is 43.2 Å². The molecule has 5 unspecified atom stereocenters. The summed E-state index contributed by atoms with van der Waals surface area (Å²) in [4.78, 5) is 72.6. The minimum atomic E-state index is -4.96. The zero-order valence-corrected chi connectivity index (χ0v) is 61.8. The Morgan fingerprint density at radius 3 is 0.772 bits per heavy atom. The van der Waals surface area contributed by atoms with Gasteiger partial charge in [0.2, 0.25) is 0 Å². The van der Waals surface area contributed by atoms with Crippen LogP contribution in [0.2, 0.25) is 0 Å². The number of esters is 4. The number of aliphatic hydroxyl groups is 1. The third kappa shape index (κ3) is 62.8. The Morgan fingerprint density at radius 1 is 0.304 bits per heavy atom. The molecular formula is C73H142O17P2. The van der Waals surface area contributed by atoms with Gasteiger partial charge in [-0.3, -0.25) is 37.3 Å². The highest BCUT2D eigenvalue weighted by Crippen LogP contribution is 2.45. The summed E-state index contributed by atoms with van der Waals surface area (Å²) in [6.45, 7) is 11.9. The van der Waals surface area contributed by atoms with E-state index in [4.69, 9.17) is 37.0 Å². The second-order valence-electron chi connectivity index (χ2n) is 27.1. The number of carbonyl (C=O) groups excluding carboxylic acids is 4. The molecule has 8 atom stereocenters. The molecule has 19 heteroatoms. The Bertz CT molecular complexity index is 1810. The van der Waals surface area contributed by atoms with Crippen molar-refractivity contribution < 1.29 is 80.2 Å². The Balaban J connectivity index is 5.24. The SMILES string of the molecule is CCCCCCCCCCCCC(=O)OC[C@H](COP(=O)(O)OC[C@H](O)COP(=O)(O)OC[C@@H](COC(=O)CCCCCCCCCCCCC(C)CC)OC(=O)CCCCCCCCCCCCCCCCC(C)CC)OC(=O)CCCCCCCCC(C)CC. The Hall–Kier alpha value is -1.94. The lowest BCUT2D eigenvalue weighted by atomic mass is 9.99. The minimum absolute atomic E-state index is 0.103. The number of phosphoric acid groups is 2. The largest absolute Gasteiger partial charge is 0.472 e. The van der Waals surface area contributed by atoms with Crippen molar-refractivity contribution in [1.29, 1.82) is 0 Å². The first-order chi connectivity index (χ1) is 44.3.